The molecule has 8 rings (SSSR count). The number of carboxylic acid groups (broad SMARTS) is 3. The number of hydrogen-bond donors (Lipinski definition) is 13. The summed E-state index contributed by atoms with van der Waals surface area (Å²) in [6.07, 6.45) is -9.75. The molecule has 78 heavy (non-hydrogen) atoms. The van der Waals surface area contributed by atoms with Crippen LogP contribution in [0.4, 0.5) is 0 Å². The largest absolute Gasteiger partial charge is 0.504 e. The van der Waals surface area contributed by atoms with E-state index >= 15 is 0 Å². The lowest BCUT2D eigenvalue weighted by molar-refractivity contribution is -0.166. The number of rotatable bonds is 18. The van der Waals surface area contributed by atoms with Crippen LogP contribution in [0.15, 0.2) is 103 Å². The van der Waals surface area contributed by atoms with Crippen LogP contribution in [0.1, 0.15) is 68.6 Å². The second-order valence-corrected chi connectivity index (χ2v) is 17.8. The number of carbonyl (C=O) groups is 6. The molecule has 2 aliphatic rings. The van der Waals surface area contributed by atoms with E-state index in [9.17, 15) is 95.2 Å². The number of carbonyl (C=O) groups excluding carboxylic acids is 3. The normalized spacial score (nSPS) is 17.3. The van der Waals surface area contributed by atoms with E-state index in [4.69, 9.17) is 23.7 Å². The van der Waals surface area contributed by atoms with Crippen LogP contribution in [0.3, 0.4) is 0 Å². The van der Waals surface area contributed by atoms with E-state index in [2.05, 4.69) is 0 Å². The van der Waals surface area contributed by atoms with Crippen molar-refractivity contribution in [3.63, 3.8) is 0 Å². The van der Waals surface area contributed by atoms with E-state index in [1.165, 1.54) is 24.3 Å². The summed E-state index contributed by atoms with van der Waals surface area (Å²) in [6.45, 7) is 0. The Morgan fingerprint density at radius 2 is 0.821 bits per heavy atom. The maximum absolute atomic E-state index is 14.8. The van der Waals surface area contributed by atoms with E-state index in [1.807, 2.05) is 0 Å². The molecule has 13 N–H and O–H groups in total. The zero-order valence-corrected chi connectivity index (χ0v) is 39.9. The zero-order chi connectivity index (χ0) is 56.4. The molecule has 0 aliphatic carbocycles. The molecule has 0 saturated carbocycles. The summed E-state index contributed by atoms with van der Waals surface area (Å²) in [4.78, 5) is 80.7. The lowest BCUT2D eigenvalue weighted by Crippen LogP contribution is -2.34. The van der Waals surface area contributed by atoms with Gasteiger partial charge in [0.15, 0.2) is 69.0 Å². The Kier molecular flexibility index (Phi) is 15.0. The van der Waals surface area contributed by atoms with Crippen molar-refractivity contribution in [2.24, 2.45) is 0 Å². The van der Waals surface area contributed by atoms with Gasteiger partial charge in [-0.1, -0.05) is 36.4 Å². The predicted molar refractivity (Wildman–Crippen MR) is 260 cm³/mol. The minimum atomic E-state index is -2.26. The van der Waals surface area contributed by atoms with Crippen LogP contribution in [0, 0.1) is 0 Å². The van der Waals surface area contributed by atoms with Crippen molar-refractivity contribution in [2.45, 2.75) is 61.6 Å². The topological polar surface area (TPSA) is 412 Å². The van der Waals surface area contributed by atoms with E-state index in [1.54, 1.807) is 0 Å². The first-order valence-corrected chi connectivity index (χ1v) is 23.1. The first kappa shape index (κ1) is 53.8. The van der Waals surface area contributed by atoms with Crippen LogP contribution in [0.5, 0.6) is 69.0 Å². The highest BCUT2D eigenvalue weighted by Gasteiger charge is 2.49. The Balaban J connectivity index is 1.15. The highest BCUT2D eigenvalue weighted by atomic mass is 16.6. The monoisotopic (exact) mass is 1080 g/mol. The molecule has 6 aromatic carbocycles. The molecular formula is C54H44O24. The molecule has 6 aromatic rings. The third kappa shape index (κ3) is 11.1. The molecular weight excluding hydrogens is 1030 g/mol. The van der Waals surface area contributed by atoms with Crippen LogP contribution < -0.4 is 9.47 Å². The Labute approximate surface area is 437 Å². The first-order chi connectivity index (χ1) is 37.0. The van der Waals surface area contributed by atoms with Crippen LogP contribution in [-0.4, -0.2) is 121 Å². The third-order valence-electron chi connectivity index (χ3n) is 12.7. The van der Waals surface area contributed by atoms with E-state index in [0.717, 1.165) is 84.9 Å². The van der Waals surface area contributed by atoms with Gasteiger partial charge in [-0.25, -0.2) is 19.2 Å². The minimum absolute atomic E-state index is 0.0535. The Morgan fingerprint density at radius 3 is 1.24 bits per heavy atom. The molecule has 2 aliphatic heterocycles. The lowest BCUT2D eigenvalue weighted by Gasteiger charge is -2.24. The van der Waals surface area contributed by atoms with Gasteiger partial charge in [-0.15, -0.1) is 0 Å². The standard InChI is InChI=1S/C54H44O24/c55-28-8-1-22(15-34(28)61)3-14-41(65)74-39(51(68)69)20-24-4-12-32(59)48-42(24)45(47(78-48)27-7-11-31(58)37(64)19-27)54(73)76-40(52(70)71)21-25-5-13-33(60)49-43(25)44(46(77-49)26-6-10-30(57)36(63)18-26)53(72)75-38(50(66)67)17-23-2-9-29(56)35(62)16-23/h1-16,18-19,38-40,44-47,55-64H,17,20-21H2,(H,66,67)(H,68,69)(H,70,71)/t38-,39-,40-,44+,45+,46-,47-/m1/s1. The van der Waals surface area contributed by atoms with Crippen molar-refractivity contribution in [3.8, 4) is 69.0 Å². The number of aromatic hydroxyl groups is 10. The van der Waals surface area contributed by atoms with Gasteiger partial charge in [0.1, 0.15) is 24.0 Å². The van der Waals surface area contributed by atoms with Gasteiger partial charge in [0.25, 0.3) is 0 Å². The molecule has 404 valence electrons. The Morgan fingerprint density at radius 1 is 0.436 bits per heavy atom. The number of phenols is 10. The second kappa shape index (κ2) is 21.7. The maximum Gasteiger partial charge on any atom is 0.345 e. The molecule has 0 radical (unpaired) electrons. The number of carboxylic acids is 3. The summed E-state index contributed by atoms with van der Waals surface area (Å²) < 4.78 is 28.6. The number of benzene rings is 6. The van der Waals surface area contributed by atoms with Crippen molar-refractivity contribution < 1.29 is 119 Å². The van der Waals surface area contributed by atoms with Gasteiger partial charge in [-0.05, 0) is 100 Å². The van der Waals surface area contributed by atoms with Gasteiger partial charge in [-0.3, -0.25) is 9.59 Å². The van der Waals surface area contributed by atoms with Crippen LogP contribution in [0.25, 0.3) is 6.08 Å². The second-order valence-electron chi connectivity index (χ2n) is 17.8. The number of aliphatic carboxylic acids is 3. The molecule has 24 nitrogen and oxygen atoms in total. The van der Waals surface area contributed by atoms with Crippen LogP contribution in [0.2, 0.25) is 0 Å². The summed E-state index contributed by atoms with van der Waals surface area (Å²) in [5.41, 5.74) is -0.754. The summed E-state index contributed by atoms with van der Waals surface area (Å²) in [7, 11) is 0. The number of fused-ring (bicyclic) bond motifs is 2. The van der Waals surface area contributed by atoms with E-state index in [0.29, 0.717) is 0 Å². The molecule has 0 amide bonds. The molecule has 0 fully saturated rings. The number of phenolic OH excluding ortho intramolecular Hbond substituents is 10. The van der Waals surface area contributed by atoms with Gasteiger partial charge >= 0.3 is 35.8 Å². The Bertz CT molecular complexity index is 3440. The summed E-state index contributed by atoms with van der Waals surface area (Å²) >= 11 is 0. The van der Waals surface area contributed by atoms with Crippen molar-refractivity contribution in [2.75, 3.05) is 0 Å². The van der Waals surface area contributed by atoms with Crippen molar-refractivity contribution in [3.05, 3.63) is 148 Å². The van der Waals surface area contributed by atoms with Gasteiger partial charge in [0, 0.05) is 36.5 Å². The maximum atomic E-state index is 14.8. The average molecular weight is 1080 g/mol. The van der Waals surface area contributed by atoms with Crippen molar-refractivity contribution in [1.29, 1.82) is 0 Å². The summed E-state index contributed by atoms with van der Waals surface area (Å²) in [6, 6.07) is 17.7. The lowest BCUT2D eigenvalue weighted by atomic mass is 9.85. The quantitative estimate of drug-likeness (QED) is 0.0235. The van der Waals surface area contributed by atoms with E-state index in [-0.39, 0.29) is 44.5 Å². The van der Waals surface area contributed by atoms with Gasteiger partial charge in [0.2, 0.25) is 18.3 Å². The van der Waals surface area contributed by atoms with Crippen molar-refractivity contribution >= 4 is 41.9 Å². The highest BCUT2D eigenvalue weighted by molar-refractivity contribution is 5.90. The SMILES string of the molecule is O=C(C=Cc1ccc(O)c(O)c1)O[C@H](Cc1ccc(O)c2c1[C@H](C(=O)O[C@H](Cc1ccc(O)c3c1[C@H](C(=O)O[C@H](Cc1ccc(O)c(O)c1)C(=O)O)[C@@H](c1ccc(O)c(O)c1)O3)C(=O)O)[C@@H](c1ccc(O)c(O)c1)O2)C(=O)O. The average Bonchev–Trinajstić information content (AvgIpc) is 4.13. The fraction of sp³-hybridized carbons (Fsp3) is 0.185. The molecule has 0 unspecified atom stereocenters. The molecule has 24 heteroatoms. The Hall–Kier alpha value is -10.5. The molecule has 0 spiro atoms. The molecule has 7 atom stereocenters. The smallest absolute Gasteiger partial charge is 0.345 e. The predicted octanol–water partition coefficient (Wildman–Crippen LogP) is 4.91. The molecule has 2 heterocycles. The molecule has 0 bridgehead atoms. The molecule has 0 saturated heterocycles. The third-order valence-corrected chi connectivity index (χ3v) is 12.7. The van der Waals surface area contributed by atoms with Crippen LogP contribution >= 0.6 is 0 Å². The first-order valence-electron chi connectivity index (χ1n) is 23.1. The molecule has 0 aromatic heterocycles. The van der Waals surface area contributed by atoms with Gasteiger partial charge < -0.3 is 90.1 Å². The van der Waals surface area contributed by atoms with Crippen molar-refractivity contribution in [1.82, 2.24) is 0 Å². The number of esters is 3. The fourth-order valence-corrected chi connectivity index (χ4v) is 8.94. The number of ether oxygens (including phenoxy) is 5. The summed E-state index contributed by atoms with van der Waals surface area (Å²) in [5, 5.41) is 134. The van der Waals surface area contributed by atoms with Crippen LogP contribution in [-0.2, 0) is 62.2 Å². The van der Waals surface area contributed by atoms with Gasteiger partial charge in [0.05, 0.1) is 0 Å². The highest BCUT2D eigenvalue weighted by Crippen LogP contribution is 2.55. The number of hydrogen-bond acceptors (Lipinski definition) is 21. The zero-order valence-electron chi connectivity index (χ0n) is 39.9. The fourth-order valence-electron chi connectivity index (χ4n) is 8.94. The minimum Gasteiger partial charge on any atom is -0.504 e. The van der Waals surface area contributed by atoms with Gasteiger partial charge in [-0.2, -0.15) is 0 Å². The summed E-state index contributed by atoms with van der Waals surface area (Å²) in [5.74, 6) is -19.8. The van der Waals surface area contributed by atoms with E-state index < -0.39 is 166 Å².